The Hall–Kier alpha value is -3.63. The number of methoxy groups -OCH3 is 1. The van der Waals surface area contributed by atoms with Crippen LogP contribution >= 0.6 is 11.3 Å². The standard InChI is InChI=1S/C25H22F2N4O3S/c1-34-18-3-5-19(22(27)14-18)16-2-4-20(21(26)12-16)24(33)30-8-6-29(7-9-30)15-17-13-23(32)31-10-11-35-25(31)28-17/h2-5,10-14H,6-9,15H2,1H3. The summed E-state index contributed by atoms with van der Waals surface area (Å²) in [4.78, 5) is 34.1. The molecular formula is C25H22F2N4O3S. The molecule has 3 heterocycles. The molecule has 2 aromatic carbocycles. The fourth-order valence-corrected chi connectivity index (χ4v) is 4.93. The van der Waals surface area contributed by atoms with Gasteiger partial charge in [0.05, 0.1) is 18.4 Å². The molecule has 0 bridgehead atoms. The molecule has 180 valence electrons. The molecule has 0 saturated carbocycles. The second-order valence-electron chi connectivity index (χ2n) is 8.25. The number of nitrogens with zero attached hydrogens (tertiary/aromatic N) is 4. The molecule has 0 spiro atoms. The molecule has 35 heavy (non-hydrogen) atoms. The number of carbonyl (C=O) groups is 1. The minimum atomic E-state index is -0.695. The summed E-state index contributed by atoms with van der Waals surface area (Å²) in [5.41, 5.74) is 1.09. The number of thiazole rings is 1. The molecule has 1 fully saturated rings. The number of aromatic nitrogens is 2. The summed E-state index contributed by atoms with van der Waals surface area (Å²) in [7, 11) is 1.44. The average molecular weight is 497 g/mol. The summed E-state index contributed by atoms with van der Waals surface area (Å²) >= 11 is 1.40. The van der Waals surface area contributed by atoms with Crippen molar-refractivity contribution in [2.75, 3.05) is 33.3 Å². The lowest BCUT2D eigenvalue weighted by molar-refractivity contribution is 0.0622. The summed E-state index contributed by atoms with van der Waals surface area (Å²) in [5, 5.41) is 1.82. The van der Waals surface area contributed by atoms with Gasteiger partial charge in [-0.1, -0.05) is 6.07 Å². The van der Waals surface area contributed by atoms with Crippen molar-refractivity contribution in [2.24, 2.45) is 0 Å². The van der Waals surface area contributed by atoms with E-state index in [-0.39, 0.29) is 16.7 Å². The van der Waals surface area contributed by atoms with Crippen molar-refractivity contribution < 1.29 is 18.3 Å². The van der Waals surface area contributed by atoms with Gasteiger partial charge >= 0.3 is 0 Å². The van der Waals surface area contributed by atoms with Crippen LogP contribution in [-0.2, 0) is 6.54 Å². The van der Waals surface area contributed by atoms with Crippen LogP contribution in [0, 0.1) is 11.6 Å². The van der Waals surface area contributed by atoms with Gasteiger partial charge in [-0.3, -0.25) is 18.9 Å². The molecule has 1 saturated heterocycles. The Morgan fingerprint density at radius 3 is 2.57 bits per heavy atom. The van der Waals surface area contributed by atoms with E-state index < -0.39 is 17.5 Å². The van der Waals surface area contributed by atoms with Gasteiger partial charge in [0.2, 0.25) is 0 Å². The van der Waals surface area contributed by atoms with Crippen LogP contribution in [0.2, 0.25) is 0 Å². The Bertz CT molecular complexity index is 1460. The molecule has 0 N–H and O–H groups in total. The molecular weight excluding hydrogens is 474 g/mol. The van der Waals surface area contributed by atoms with Crippen LogP contribution in [0.5, 0.6) is 5.75 Å². The first-order valence-corrected chi connectivity index (χ1v) is 11.9. The first kappa shape index (κ1) is 23.1. The third kappa shape index (κ3) is 4.67. The summed E-state index contributed by atoms with van der Waals surface area (Å²) in [6.45, 7) is 2.50. The van der Waals surface area contributed by atoms with Crippen LogP contribution in [-0.4, -0.2) is 58.4 Å². The van der Waals surface area contributed by atoms with E-state index >= 15 is 0 Å². The van der Waals surface area contributed by atoms with E-state index in [0.29, 0.717) is 54.7 Å². The zero-order valence-corrected chi connectivity index (χ0v) is 19.7. The molecule has 0 atom stereocenters. The molecule has 1 amide bonds. The minimum Gasteiger partial charge on any atom is -0.497 e. The Morgan fingerprint density at radius 1 is 1.06 bits per heavy atom. The fourth-order valence-electron chi connectivity index (χ4n) is 4.19. The van der Waals surface area contributed by atoms with Gasteiger partial charge in [0.25, 0.3) is 11.5 Å². The highest BCUT2D eigenvalue weighted by atomic mass is 32.1. The quantitative estimate of drug-likeness (QED) is 0.422. The molecule has 1 aliphatic heterocycles. The van der Waals surface area contributed by atoms with E-state index in [1.807, 2.05) is 5.38 Å². The number of piperazine rings is 1. The lowest BCUT2D eigenvalue weighted by atomic mass is 10.0. The summed E-state index contributed by atoms with van der Waals surface area (Å²) in [6, 6.07) is 10.00. The minimum absolute atomic E-state index is 0.0473. The number of hydrogen-bond acceptors (Lipinski definition) is 6. The molecule has 4 aromatic rings. The predicted molar refractivity (Wildman–Crippen MR) is 129 cm³/mol. The summed E-state index contributed by atoms with van der Waals surface area (Å²) in [6.07, 6.45) is 1.70. The van der Waals surface area contributed by atoms with Gasteiger partial charge < -0.3 is 9.64 Å². The summed E-state index contributed by atoms with van der Waals surface area (Å²) in [5.74, 6) is -1.26. The van der Waals surface area contributed by atoms with E-state index in [0.717, 1.165) is 0 Å². The maximum absolute atomic E-state index is 14.9. The SMILES string of the molecule is COc1ccc(-c2ccc(C(=O)N3CCN(Cc4cc(=O)n5ccsc5n4)CC3)c(F)c2)c(F)c1. The Labute approximate surface area is 203 Å². The maximum Gasteiger partial charge on any atom is 0.258 e. The van der Waals surface area contributed by atoms with Crippen molar-refractivity contribution in [3.63, 3.8) is 0 Å². The molecule has 0 aliphatic carbocycles. The van der Waals surface area contributed by atoms with Crippen molar-refractivity contribution in [1.29, 1.82) is 0 Å². The van der Waals surface area contributed by atoms with Gasteiger partial charge in [0.1, 0.15) is 17.4 Å². The first-order valence-electron chi connectivity index (χ1n) is 11.0. The molecule has 10 heteroatoms. The molecule has 1 aliphatic rings. The lowest BCUT2D eigenvalue weighted by Gasteiger charge is -2.34. The number of ether oxygens (including phenoxy) is 1. The fraction of sp³-hybridized carbons (Fsp3) is 0.240. The normalized spacial score (nSPS) is 14.4. The third-order valence-electron chi connectivity index (χ3n) is 6.09. The summed E-state index contributed by atoms with van der Waals surface area (Å²) < 4.78 is 35.8. The van der Waals surface area contributed by atoms with Crippen molar-refractivity contribution in [2.45, 2.75) is 6.54 Å². The van der Waals surface area contributed by atoms with Gasteiger partial charge in [-0.15, -0.1) is 11.3 Å². The first-order chi connectivity index (χ1) is 16.9. The number of amides is 1. The molecule has 7 nitrogen and oxygen atoms in total. The largest absolute Gasteiger partial charge is 0.497 e. The van der Waals surface area contributed by atoms with Crippen molar-refractivity contribution in [3.8, 4) is 16.9 Å². The van der Waals surface area contributed by atoms with E-state index in [9.17, 15) is 18.4 Å². The molecule has 0 unspecified atom stereocenters. The maximum atomic E-state index is 14.9. The lowest BCUT2D eigenvalue weighted by Crippen LogP contribution is -2.48. The number of halogens is 2. The van der Waals surface area contributed by atoms with E-state index in [4.69, 9.17) is 4.74 Å². The smallest absolute Gasteiger partial charge is 0.258 e. The monoisotopic (exact) mass is 496 g/mol. The number of fused-ring (bicyclic) bond motifs is 1. The third-order valence-corrected chi connectivity index (χ3v) is 6.84. The van der Waals surface area contributed by atoms with E-state index in [1.165, 1.54) is 53.2 Å². The van der Waals surface area contributed by atoms with Gasteiger partial charge in [-0.25, -0.2) is 13.8 Å². The highest BCUT2D eigenvalue weighted by Gasteiger charge is 2.25. The number of benzene rings is 2. The Morgan fingerprint density at radius 2 is 1.86 bits per heavy atom. The number of carbonyl (C=O) groups excluding carboxylic acids is 1. The van der Waals surface area contributed by atoms with Crippen LogP contribution in [0.1, 0.15) is 16.1 Å². The van der Waals surface area contributed by atoms with Crippen LogP contribution in [0.4, 0.5) is 8.78 Å². The topological polar surface area (TPSA) is 67.2 Å². The van der Waals surface area contributed by atoms with Crippen molar-refractivity contribution in [1.82, 2.24) is 19.2 Å². The van der Waals surface area contributed by atoms with Crippen LogP contribution < -0.4 is 10.3 Å². The van der Waals surface area contributed by atoms with Gasteiger partial charge in [-0.05, 0) is 29.8 Å². The second kappa shape index (κ2) is 9.55. The highest BCUT2D eigenvalue weighted by Crippen LogP contribution is 2.28. The van der Waals surface area contributed by atoms with E-state index in [1.54, 1.807) is 23.2 Å². The van der Waals surface area contributed by atoms with Gasteiger partial charge in [0.15, 0.2) is 4.96 Å². The zero-order chi connectivity index (χ0) is 24.5. The second-order valence-corrected chi connectivity index (χ2v) is 9.12. The highest BCUT2D eigenvalue weighted by molar-refractivity contribution is 7.15. The van der Waals surface area contributed by atoms with Crippen molar-refractivity contribution >= 4 is 22.2 Å². The van der Waals surface area contributed by atoms with Gasteiger partial charge in [-0.2, -0.15) is 0 Å². The van der Waals surface area contributed by atoms with Crippen LogP contribution in [0.3, 0.4) is 0 Å². The molecule has 5 rings (SSSR count). The average Bonchev–Trinajstić information content (AvgIpc) is 3.33. The Balaban J connectivity index is 1.24. The van der Waals surface area contributed by atoms with Gasteiger partial charge in [0, 0.05) is 62.0 Å². The number of rotatable bonds is 5. The van der Waals surface area contributed by atoms with Crippen LogP contribution in [0.15, 0.2) is 58.8 Å². The van der Waals surface area contributed by atoms with Crippen LogP contribution in [0.25, 0.3) is 16.1 Å². The zero-order valence-electron chi connectivity index (χ0n) is 18.9. The molecule has 2 aromatic heterocycles. The Kier molecular flexibility index (Phi) is 6.31. The molecule has 0 radical (unpaired) electrons. The van der Waals surface area contributed by atoms with E-state index in [2.05, 4.69) is 9.88 Å². The number of hydrogen-bond donors (Lipinski definition) is 0. The predicted octanol–water partition coefficient (Wildman–Crippen LogP) is 3.67. The van der Waals surface area contributed by atoms with Crippen molar-refractivity contribution in [3.05, 3.63) is 87.3 Å².